The molecule has 1 aliphatic rings. The van der Waals surface area contributed by atoms with E-state index >= 15 is 0 Å². The van der Waals surface area contributed by atoms with Crippen LogP contribution in [0.3, 0.4) is 0 Å². The van der Waals surface area contributed by atoms with Crippen LogP contribution in [0.4, 0.5) is 5.82 Å². The molecule has 3 rings (SSSR count). The largest absolute Gasteiger partial charge is 0.366 e. The van der Waals surface area contributed by atoms with E-state index in [-0.39, 0.29) is 0 Å². The van der Waals surface area contributed by atoms with E-state index in [1.807, 2.05) is 18.3 Å². The number of pyridine rings is 1. The fourth-order valence-electron chi connectivity index (χ4n) is 2.66. The summed E-state index contributed by atoms with van der Waals surface area (Å²) >= 11 is 4.21. The van der Waals surface area contributed by atoms with Gasteiger partial charge in [-0.05, 0) is 31.4 Å². The lowest BCUT2D eigenvalue weighted by Crippen LogP contribution is -2.29. The molecule has 0 unspecified atom stereocenters. The third-order valence-corrected chi connectivity index (χ3v) is 4.18. The lowest BCUT2D eigenvalue weighted by molar-refractivity contribution is -0.113. The van der Waals surface area contributed by atoms with E-state index in [4.69, 9.17) is 5.73 Å². The number of anilines is 1. The topological polar surface area (TPSA) is 77.0 Å². The number of carbonyl (C=O) groups is 1. The number of hydrogen-bond acceptors (Lipinski definition) is 5. The molecule has 1 amide bonds. The van der Waals surface area contributed by atoms with Gasteiger partial charge in [-0.3, -0.25) is 4.79 Å². The minimum atomic E-state index is -0.556. The SMILES string of the molecule is NC(=O)/C=C(\S)n1cc(-c2ccc(N3CCCCC3)nc2)cn1. The Balaban J connectivity index is 1.77. The van der Waals surface area contributed by atoms with Crippen LogP contribution in [0.5, 0.6) is 0 Å². The number of hydrogen-bond donors (Lipinski definition) is 2. The summed E-state index contributed by atoms with van der Waals surface area (Å²) in [5.41, 5.74) is 7.00. The van der Waals surface area contributed by atoms with Gasteiger partial charge in [-0.2, -0.15) is 5.10 Å². The second-order valence-electron chi connectivity index (χ2n) is 5.53. The van der Waals surface area contributed by atoms with Gasteiger partial charge in [0.05, 0.1) is 11.2 Å². The van der Waals surface area contributed by atoms with E-state index in [0.717, 1.165) is 30.0 Å². The van der Waals surface area contributed by atoms with Crippen molar-refractivity contribution in [2.75, 3.05) is 18.0 Å². The second-order valence-corrected chi connectivity index (χ2v) is 5.99. The Hall–Kier alpha value is -2.28. The molecule has 6 nitrogen and oxygen atoms in total. The van der Waals surface area contributed by atoms with Crippen LogP contribution in [-0.4, -0.2) is 33.8 Å². The number of amides is 1. The fraction of sp³-hybridized carbons (Fsp3) is 0.312. The van der Waals surface area contributed by atoms with Gasteiger partial charge in [0.25, 0.3) is 0 Å². The van der Waals surface area contributed by atoms with E-state index in [2.05, 4.69) is 27.6 Å². The first kappa shape index (κ1) is 15.6. The molecule has 1 saturated heterocycles. The molecule has 1 fully saturated rings. The Kier molecular flexibility index (Phi) is 4.66. The molecule has 1 aliphatic heterocycles. The van der Waals surface area contributed by atoms with Crippen LogP contribution in [0.25, 0.3) is 16.2 Å². The molecule has 0 radical (unpaired) electrons. The highest BCUT2D eigenvalue weighted by atomic mass is 32.1. The molecule has 7 heteroatoms. The average molecular weight is 329 g/mol. The number of nitrogens with two attached hydrogens (primary N) is 1. The first-order valence-electron chi connectivity index (χ1n) is 7.60. The van der Waals surface area contributed by atoms with Gasteiger partial charge >= 0.3 is 0 Å². The summed E-state index contributed by atoms with van der Waals surface area (Å²) in [5, 5.41) is 4.56. The Morgan fingerprint density at radius 3 is 2.61 bits per heavy atom. The number of thiol groups is 1. The quantitative estimate of drug-likeness (QED) is 0.665. The first-order chi connectivity index (χ1) is 11.1. The van der Waals surface area contributed by atoms with E-state index < -0.39 is 5.91 Å². The number of primary amides is 1. The molecule has 3 heterocycles. The fourth-order valence-corrected chi connectivity index (χ4v) is 2.89. The van der Waals surface area contributed by atoms with Crippen molar-refractivity contribution in [2.24, 2.45) is 5.73 Å². The summed E-state index contributed by atoms with van der Waals surface area (Å²) in [6.45, 7) is 2.15. The van der Waals surface area contributed by atoms with Gasteiger partial charge in [0.1, 0.15) is 5.82 Å². The Bertz CT molecular complexity index is 716. The molecule has 0 aliphatic carbocycles. The second kappa shape index (κ2) is 6.87. The highest BCUT2D eigenvalue weighted by molar-refractivity contribution is 7.90. The molecule has 2 N–H and O–H groups in total. The normalized spacial score (nSPS) is 15.7. The van der Waals surface area contributed by atoms with Crippen molar-refractivity contribution in [3.05, 3.63) is 36.8 Å². The van der Waals surface area contributed by atoms with Crippen molar-refractivity contribution >= 4 is 29.4 Å². The molecule has 0 aromatic carbocycles. The van der Waals surface area contributed by atoms with Crippen molar-refractivity contribution in [1.82, 2.24) is 14.8 Å². The van der Waals surface area contributed by atoms with Crippen molar-refractivity contribution in [3.8, 4) is 11.1 Å². The molecule has 0 saturated carbocycles. The van der Waals surface area contributed by atoms with Crippen molar-refractivity contribution in [3.63, 3.8) is 0 Å². The minimum Gasteiger partial charge on any atom is -0.366 e. The summed E-state index contributed by atoms with van der Waals surface area (Å²) in [7, 11) is 0. The summed E-state index contributed by atoms with van der Waals surface area (Å²) in [6.07, 6.45) is 10.3. The third-order valence-electron chi connectivity index (χ3n) is 3.85. The molecule has 2 aromatic rings. The highest BCUT2D eigenvalue weighted by Gasteiger charge is 2.12. The zero-order chi connectivity index (χ0) is 16.2. The standard InChI is InChI=1S/C16H19N5OS/c17-14(22)8-16(23)21-11-13(10-19-21)12-4-5-15(18-9-12)20-6-2-1-3-7-20/h4-5,8-11,23H,1-3,6-7H2,(H2,17,22)/b16-8-. The van der Waals surface area contributed by atoms with Crippen LogP contribution in [0, 0.1) is 0 Å². The Morgan fingerprint density at radius 1 is 1.17 bits per heavy atom. The number of carbonyl (C=O) groups excluding carboxylic acids is 1. The van der Waals surface area contributed by atoms with Crippen LogP contribution in [0.15, 0.2) is 36.8 Å². The maximum absolute atomic E-state index is 10.9. The van der Waals surface area contributed by atoms with Gasteiger partial charge < -0.3 is 10.6 Å². The van der Waals surface area contributed by atoms with Gasteiger partial charge in [-0.15, -0.1) is 12.6 Å². The van der Waals surface area contributed by atoms with E-state index in [9.17, 15) is 4.79 Å². The van der Waals surface area contributed by atoms with Crippen LogP contribution in [0.1, 0.15) is 19.3 Å². The molecule has 0 spiro atoms. The van der Waals surface area contributed by atoms with Crippen LogP contribution < -0.4 is 10.6 Å². The molecule has 2 aromatic heterocycles. The third kappa shape index (κ3) is 3.73. The van der Waals surface area contributed by atoms with E-state index in [0.29, 0.717) is 5.03 Å². The number of nitrogens with zero attached hydrogens (tertiary/aromatic N) is 4. The Morgan fingerprint density at radius 2 is 1.96 bits per heavy atom. The summed E-state index contributed by atoms with van der Waals surface area (Å²) in [6, 6.07) is 4.08. The predicted octanol–water partition coefficient (Wildman–Crippen LogP) is 2.15. The van der Waals surface area contributed by atoms with Crippen molar-refractivity contribution in [2.45, 2.75) is 19.3 Å². The van der Waals surface area contributed by atoms with Gasteiger partial charge in [-0.1, -0.05) is 0 Å². The zero-order valence-electron chi connectivity index (χ0n) is 12.7. The van der Waals surface area contributed by atoms with Crippen molar-refractivity contribution < 1.29 is 4.79 Å². The molecular weight excluding hydrogens is 310 g/mol. The van der Waals surface area contributed by atoms with Crippen LogP contribution in [0.2, 0.25) is 0 Å². The maximum Gasteiger partial charge on any atom is 0.244 e. The number of aromatic nitrogens is 3. The molecule has 0 atom stereocenters. The average Bonchev–Trinajstić information content (AvgIpc) is 3.05. The van der Waals surface area contributed by atoms with Gasteiger partial charge in [-0.25, -0.2) is 9.67 Å². The molecule has 23 heavy (non-hydrogen) atoms. The van der Waals surface area contributed by atoms with E-state index in [1.165, 1.54) is 30.0 Å². The predicted molar refractivity (Wildman–Crippen MR) is 94.0 cm³/mol. The maximum atomic E-state index is 10.9. The summed E-state index contributed by atoms with van der Waals surface area (Å²) in [5.74, 6) is 0.462. The van der Waals surface area contributed by atoms with Crippen LogP contribution >= 0.6 is 12.6 Å². The molecular formula is C16H19N5OS. The van der Waals surface area contributed by atoms with Crippen LogP contribution in [-0.2, 0) is 4.79 Å². The van der Waals surface area contributed by atoms with Gasteiger partial charge in [0.15, 0.2) is 0 Å². The summed E-state index contributed by atoms with van der Waals surface area (Å²) in [4.78, 5) is 17.8. The minimum absolute atomic E-state index is 0.377. The lowest BCUT2D eigenvalue weighted by Gasteiger charge is -2.27. The summed E-state index contributed by atoms with van der Waals surface area (Å²) < 4.78 is 1.50. The first-order valence-corrected chi connectivity index (χ1v) is 8.05. The smallest absolute Gasteiger partial charge is 0.244 e. The van der Waals surface area contributed by atoms with Crippen molar-refractivity contribution in [1.29, 1.82) is 0 Å². The number of piperidine rings is 1. The zero-order valence-corrected chi connectivity index (χ0v) is 13.6. The molecule has 120 valence electrons. The molecule has 0 bridgehead atoms. The van der Waals surface area contributed by atoms with Gasteiger partial charge in [0, 0.05) is 42.7 Å². The highest BCUT2D eigenvalue weighted by Crippen LogP contribution is 2.23. The van der Waals surface area contributed by atoms with E-state index in [1.54, 1.807) is 12.4 Å². The lowest BCUT2D eigenvalue weighted by atomic mass is 10.1. The Labute approximate surface area is 140 Å². The van der Waals surface area contributed by atoms with Gasteiger partial charge in [0.2, 0.25) is 5.91 Å². The monoisotopic (exact) mass is 329 g/mol. The number of rotatable bonds is 4.